The zero-order valence-electron chi connectivity index (χ0n) is 11.5. The maximum absolute atomic E-state index is 13.2. The van der Waals surface area contributed by atoms with E-state index in [1.54, 1.807) is 0 Å². The van der Waals surface area contributed by atoms with Crippen molar-refractivity contribution in [2.75, 3.05) is 5.32 Å². The van der Waals surface area contributed by atoms with Crippen molar-refractivity contribution in [3.63, 3.8) is 0 Å². The molecule has 1 aromatic heterocycles. The molecule has 2 rings (SSSR count). The molecule has 2 aromatic rings. The smallest absolute Gasteiger partial charge is 0.207 e. The Balaban J connectivity index is 2.35. The second kappa shape index (κ2) is 6.14. The van der Waals surface area contributed by atoms with E-state index in [1.165, 1.54) is 12.1 Å². The minimum atomic E-state index is -0.380. The number of benzene rings is 1. The predicted molar refractivity (Wildman–Crippen MR) is 84.2 cm³/mol. The lowest BCUT2D eigenvalue weighted by Crippen LogP contribution is -2.08. The summed E-state index contributed by atoms with van der Waals surface area (Å²) in [6.07, 6.45) is 1.98. The molecule has 20 heavy (non-hydrogen) atoms. The van der Waals surface area contributed by atoms with E-state index >= 15 is 0 Å². The van der Waals surface area contributed by atoms with Crippen molar-refractivity contribution in [2.45, 2.75) is 27.3 Å². The van der Waals surface area contributed by atoms with E-state index in [4.69, 9.17) is 11.6 Å². The minimum absolute atomic E-state index is 0.314. The molecule has 0 fully saturated rings. The molecule has 0 aliphatic carbocycles. The molecule has 0 radical (unpaired) electrons. The lowest BCUT2D eigenvalue weighted by Gasteiger charge is -2.13. The highest BCUT2D eigenvalue weighted by Crippen LogP contribution is 2.33. The number of rotatable bonds is 4. The van der Waals surface area contributed by atoms with Crippen LogP contribution in [0.3, 0.4) is 0 Å². The first-order valence-corrected chi connectivity index (χ1v) is 7.49. The normalized spacial score (nSPS) is 11.2. The molecule has 0 saturated carbocycles. The van der Waals surface area contributed by atoms with Gasteiger partial charge in [0.2, 0.25) is 5.95 Å². The van der Waals surface area contributed by atoms with E-state index in [9.17, 15) is 4.39 Å². The minimum Gasteiger partial charge on any atom is -0.323 e. The summed E-state index contributed by atoms with van der Waals surface area (Å²) in [5.41, 5.74) is 1.53. The number of halogens is 3. The van der Waals surface area contributed by atoms with Crippen molar-refractivity contribution in [3.05, 3.63) is 39.3 Å². The maximum Gasteiger partial charge on any atom is 0.207 e. The van der Waals surface area contributed by atoms with Gasteiger partial charge < -0.3 is 9.88 Å². The van der Waals surface area contributed by atoms with Gasteiger partial charge in [-0.3, -0.25) is 0 Å². The predicted octanol–water partition coefficient (Wildman–Crippen LogP) is 5.15. The van der Waals surface area contributed by atoms with Gasteiger partial charge in [0, 0.05) is 17.2 Å². The second-order valence-electron chi connectivity index (χ2n) is 5.12. The van der Waals surface area contributed by atoms with Gasteiger partial charge in [0.05, 0.1) is 16.4 Å². The fourth-order valence-electron chi connectivity index (χ4n) is 1.95. The molecule has 6 heteroatoms. The van der Waals surface area contributed by atoms with Crippen LogP contribution in [0.1, 0.15) is 19.5 Å². The molecule has 108 valence electrons. The van der Waals surface area contributed by atoms with Gasteiger partial charge in [-0.1, -0.05) is 25.4 Å². The molecule has 0 amide bonds. The van der Waals surface area contributed by atoms with Crippen molar-refractivity contribution >= 4 is 39.2 Å². The number of aryl methyl sites for hydroxylation is 1. The number of imidazole rings is 1. The molecule has 0 aliphatic heterocycles. The number of nitrogens with zero attached hydrogens (tertiary/aromatic N) is 2. The first-order chi connectivity index (χ1) is 9.36. The average molecular weight is 361 g/mol. The summed E-state index contributed by atoms with van der Waals surface area (Å²) in [4.78, 5) is 4.44. The Kier molecular flexibility index (Phi) is 4.70. The van der Waals surface area contributed by atoms with Gasteiger partial charge in [-0.25, -0.2) is 9.37 Å². The van der Waals surface area contributed by atoms with E-state index in [2.05, 4.69) is 40.1 Å². The Bertz CT molecular complexity index is 602. The van der Waals surface area contributed by atoms with Gasteiger partial charge in [-0.2, -0.15) is 0 Å². The SMILES string of the molecule is Cc1cn(CC(C)C)c(Nc2c(Cl)cc(F)cc2Br)n1. The molecule has 3 nitrogen and oxygen atoms in total. The Hall–Kier alpha value is -1.07. The van der Waals surface area contributed by atoms with E-state index < -0.39 is 0 Å². The van der Waals surface area contributed by atoms with E-state index in [-0.39, 0.29) is 5.82 Å². The third-order valence-electron chi connectivity index (χ3n) is 2.70. The molecular weight excluding hydrogens is 345 g/mol. The van der Waals surface area contributed by atoms with Crippen LogP contribution < -0.4 is 5.32 Å². The van der Waals surface area contributed by atoms with Crippen molar-refractivity contribution in [1.82, 2.24) is 9.55 Å². The van der Waals surface area contributed by atoms with Crippen LogP contribution in [0.4, 0.5) is 16.0 Å². The van der Waals surface area contributed by atoms with E-state index in [0.29, 0.717) is 27.0 Å². The van der Waals surface area contributed by atoms with Crippen LogP contribution in [0.25, 0.3) is 0 Å². The van der Waals surface area contributed by atoms with Gasteiger partial charge in [-0.05, 0) is 40.9 Å². The third kappa shape index (κ3) is 3.52. The molecule has 0 saturated heterocycles. The molecule has 1 heterocycles. The van der Waals surface area contributed by atoms with Crippen LogP contribution in [-0.4, -0.2) is 9.55 Å². The van der Waals surface area contributed by atoms with Crippen molar-refractivity contribution in [1.29, 1.82) is 0 Å². The highest BCUT2D eigenvalue weighted by molar-refractivity contribution is 9.10. The van der Waals surface area contributed by atoms with Crippen molar-refractivity contribution in [3.8, 4) is 0 Å². The molecule has 1 aromatic carbocycles. The molecule has 0 unspecified atom stereocenters. The molecule has 1 N–H and O–H groups in total. The number of nitrogens with one attached hydrogen (secondary N) is 1. The first-order valence-electron chi connectivity index (χ1n) is 6.32. The summed E-state index contributed by atoms with van der Waals surface area (Å²) >= 11 is 9.39. The average Bonchev–Trinajstić information content (AvgIpc) is 2.63. The number of hydrogen-bond acceptors (Lipinski definition) is 2. The number of anilines is 2. The lowest BCUT2D eigenvalue weighted by molar-refractivity contribution is 0.527. The monoisotopic (exact) mass is 359 g/mol. The zero-order valence-corrected chi connectivity index (χ0v) is 13.9. The largest absolute Gasteiger partial charge is 0.323 e. The van der Waals surface area contributed by atoms with E-state index in [1.807, 2.05) is 17.7 Å². The van der Waals surface area contributed by atoms with Crippen molar-refractivity contribution < 1.29 is 4.39 Å². The number of hydrogen-bond donors (Lipinski definition) is 1. The van der Waals surface area contributed by atoms with Gasteiger partial charge >= 0.3 is 0 Å². The zero-order chi connectivity index (χ0) is 14.9. The topological polar surface area (TPSA) is 29.9 Å². The molecular formula is C14H16BrClFN3. The van der Waals surface area contributed by atoms with Crippen LogP contribution in [0.2, 0.25) is 5.02 Å². The third-order valence-corrected chi connectivity index (χ3v) is 3.63. The highest BCUT2D eigenvalue weighted by atomic mass is 79.9. The Labute approximate surface area is 131 Å². The van der Waals surface area contributed by atoms with Gasteiger partial charge in [-0.15, -0.1) is 0 Å². The Morgan fingerprint density at radius 1 is 1.45 bits per heavy atom. The lowest BCUT2D eigenvalue weighted by atomic mass is 10.2. The van der Waals surface area contributed by atoms with Crippen LogP contribution >= 0.6 is 27.5 Å². The fourth-order valence-corrected chi connectivity index (χ4v) is 2.85. The summed E-state index contributed by atoms with van der Waals surface area (Å²) in [7, 11) is 0. The Morgan fingerprint density at radius 3 is 2.75 bits per heavy atom. The molecule has 0 aliphatic rings. The fraction of sp³-hybridized carbons (Fsp3) is 0.357. The summed E-state index contributed by atoms with van der Waals surface area (Å²) < 4.78 is 15.8. The quantitative estimate of drug-likeness (QED) is 0.817. The summed E-state index contributed by atoms with van der Waals surface area (Å²) in [6, 6.07) is 2.65. The van der Waals surface area contributed by atoms with Gasteiger partial charge in [0.15, 0.2) is 0 Å². The molecule has 0 atom stereocenters. The maximum atomic E-state index is 13.2. The van der Waals surface area contributed by atoms with Crippen molar-refractivity contribution in [2.24, 2.45) is 5.92 Å². The first kappa shape index (κ1) is 15.3. The van der Waals surface area contributed by atoms with E-state index in [0.717, 1.165) is 12.2 Å². The van der Waals surface area contributed by atoms with Gasteiger partial charge in [0.25, 0.3) is 0 Å². The Morgan fingerprint density at radius 2 is 2.15 bits per heavy atom. The van der Waals surface area contributed by atoms with Crippen LogP contribution in [0.5, 0.6) is 0 Å². The second-order valence-corrected chi connectivity index (χ2v) is 6.38. The van der Waals surface area contributed by atoms with Crippen LogP contribution in [-0.2, 0) is 6.54 Å². The number of aromatic nitrogens is 2. The summed E-state index contributed by atoms with van der Waals surface area (Å²) in [5, 5.41) is 3.48. The molecule has 0 spiro atoms. The molecule has 0 bridgehead atoms. The van der Waals surface area contributed by atoms with Gasteiger partial charge in [0.1, 0.15) is 5.82 Å². The summed E-state index contributed by atoms with van der Waals surface area (Å²) in [5.74, 6) is 0.816. The summed E-state index contributed by atoms with van der Waals surface area (Å²) in [6.45, 7) is 7.06. The van der Waals surface area contributed by atoms with Crippen LogP contribution in [0, 0.1) is 18.7 Å². The standard InChI is InChI=1S/C14H16BrClFN3/c1-8(2)6-20-7-9(3)18-14(20)19-13-11(15)4-10(17)5-12(13)16/h4-5,7-8H,6H2,1-3H3,(H,18,19). The highest BCUT2D eigenvalue weighted by Gasteiger charge is 2.13. The van der Waals surface area contributed by atoms with Crippen LogP contribution in [0.15, 0.2) is 22.8 Å².